The van der Waals surface area contributed by atoms with Gasteiger partial charge in [-0.1, -0.05) is 6.07 Å². The molecule has 0 fully saturated rings. The third-order valence-electron chi connectivity index (χ3n) is 2.72. The first-order valence-corrected chi connectivity index (χ1v) is 5.38. The number of aliphatic hydroxyl groups excluding tert-OH is 1. The van der Waals surface area contributed by atoms with Crippen molar-refractivity contribution in [2.45, 2.75) is 26.0 Å². The Morgan fingerprint density at radius 3 is 2.94 bits per heavy atom. The number of rotatable bonds is 3. The van der Waals surface area contributed by atoms with Gasteiger partial charge in [0.1, 0.15) is 0 Å². The van der Waals surface area contributed by atoms with Crippen LogP contribution in [0.1, 0.15) is 18.9 Å². The van der Waals surface area contributed by atoms with Gasteiger partial charge in [-0.05, 0) is 31.5 Å². The second-order valence-electron chi connectivity index (χ2n) is 4.00. The number of benzene rings is 1. The van der Waals surface area contributed by atoms with Crippen LogP contribution in [0.2, 0.25) is 0 Å². The van der Waals surface area contributed by atoms with Gasteiger partial charge in [-0.3, -0.25) is 0 Å². The molecule has 16 heavy (non-hydrogen) atoms. The summed E-state index contributed by atoms with van der Waals surface area (Å²) >= 11 is 0. The van der Waals surface area contributed by atoms with Gasteiger partial charge >= 0.3 is 0 Å². The second-order valence-corrected chi connectivity index (χ2v) is 4.00. The highest BCUT2D eigenvalue weighted by Gasteiger charge is 2.05. The first kappa shape index (κ1) is 10.7. The number of hydrogen-bond donors (Lipinski definition) is 1. The van der Waals surface area contributed by atoms with Gasteiger partial charge in [0.2, 0.25) is 0 Å². The molecule has 0 bridgehead atoms. The van der Waals surface area contributed by atoms with Crippen LogP contribution in [0, 0.1) is 11.3 Å². The Bertz CT molecular complexity index is 534. The van der Waals surface area contributed by atoms with Crippen molar-refractivity contribution < 1.29 is 5.11 Å². The van der Waals surface area contributed by atoms with Crippen LogP contribution in [-0.2, 0) is 6.54 Å². The van der Waals surface area contributed by atoms with Crippen molar-refractivity contribution in [2.75, 3.05) is 0 Å². The largest absolute Gasteiger partial charge is 0.393 e. The molecule has 1 heterocycles. The first-order chi connectivity index (χ1) is 7.72. The Hall–Kier alpha value is -1.79. The zero-order valence-corrected chi connectivity index (χ0v) is 9.22. The van der Waals surface area contributed by atoms with E-state index in [0.29, 0.717) is 5.56 Å². The molecular weight excluding hydrogens is 200 g/mol. The van der Waals surface area contributed by atoms with E-state index in [2.05, 4.69) is 10.6 Å². The van der Waals surface area contributed by atoms with Gasteiger partial charge in [0, 0.05) is 23.6 Å². The van der Waals surface area contributed by atoms with E-state index in [0.717, 1.165) is 23.9 Å². The minimum Gasteiger partial charge on any atom is -0.393 e. The molecule has 2 rings (SSSR count). The highest BCUT2D eigenvalue weighted by Crippen LogP contribution is 2.20. The zero-order valence-electron chi connectivity index (χ0n) is 9.22. The van der Waals surface area contributed by atoms with Gasteiger partial charge in [-0.25, -0.2) is 0 Å². The maximum atomic E-state index is 9.26. The third kappa shape index (κ3) is 1.93. The standard InChI is InChI=1S/C13H14N2O/c1-10(16)5-7-15-8-6-12-11(9-14)3-2-4-13(12)15/h2-4,6,8,10,16H,5,7H2,1H3. The fourth-order valence-corrected chi connectivity index (χ4v) is 1.84. The minimum absolute atomic E-state index is 0.295. The molecule has 0 radical (unpaired) electrons. The van der Waals surface area contributed by atoms with E-state index in [1.165, 1.54) is 0 Å². The van der Waals surface area contributed by atoms with E-state index >= 15 is 0 Å². The van der Waals surface area contributed by atoms with Crippen LogP contribution in [-0.4, -0.2) is 15.8 Å². The predicted molar refractivity (Wildman–Crippen MR) is 63.0 cm³/mol. The van der Waals surface area contributed by atoms with Crippen molar-refractivity contribution >= 4 is 10.9 Å². The van der Waals surface area contributed by atoms with E-state index < -0.39 is 0 Å². The molecule has 1 atom stereocenters. The Balaban J connectivity index is 2.38. The van der Waals surface area contributed by atoms with Crippen LogP contribution < -0.4 is 0 Å². The molecule has 0 spiro atoms. The molecule has 82 valence electrons. The number of hydrogen-bond acceptors (Lipinski definition) is 2. The summed E-state index contributed by atoms with van der Waals surface area (Å²) in [6.45, 7) is 2.56. The molecule has 3 nitrogen and oxygen atoms in total. The number of nitriles is 1. The second kappa shape index (κ2) is 4.38. The third-order valence-corrected chi connectivity index (χ3v) is 2.72. The number of fused-ring (bicyclic) bond motifs is 1. The van der Waals surface area contributed by atoms with Gasteiger partial charge in [-0.15, -0.1) is 0 Å². The zero-order chi connectivity index (χ0) is 11.5. The summed E-state index contributed by atoms with van der Waals surface area (Å²) in [6.07, 6.45) is 2.39. The predicted octanol–water partition coefficient (Wildman–Crippen LogP) is 2.28. The first-order valence-electron chi connectivity index (χ1n) is 5.38. The number of aromatic nitrogens is 1. The summed E-state index contributed by atoms with van der Waals surface area (Å²) in [7, 11) is 0. The summed E-state index contributed by atoms with van der Waals surface area (Å²) in [5.74, 6) is 0. The van der Waals surface area contributed by atoms with E-state index in [9.17, 15) is 5.11 Å². The van der Waals surface area contributed by atoms with Crippen LogP contribution in [0.5, 0.6) is 0 Å². The Labute approximate surface area is 94.5 Å². The van der Waals surface area contributed by atoms with Crippen molar-refractivity contribution in [2.24, 2.45) is 0 Å². The monoisotopic (exact) mass is 214 g/mol. The lowest BCUT2D eigenvalue weighted by Gasteiger charge is -2.07. The lowest BCUT2D eigenvalue weighted by Crippen LogP contribution is -2.05. The molecule has 1 aromatic carbocycles. The quantitative estimate of drug-likeness (QED) is 0.852. The maximum absolute atomic E-state index is 9.26. The van der Waals surface area contributed by atoms with Crippen LogP contribution in [0.4, 0.5) is 0 Å². The fraction of sp³-hybridized carbons (Fsp3) is 0.308. The lowest BCUT2D eigenvalue weighted by atomic mass is 10.1. The van der Waals surface area contributed by atoms with Gasteiger partial charge in [0.25, 0.3) is 0 Å². The van der Waals surface area contributed by atoms with E-state index in [1.807, 2.05) is 30.5 Å². The normalized spacial score (nSPS) is 12.6. The van der Waals surface area contributed by atoms with Crippen molar-refractivity contribution in [1.29, 1.82) is 5.26 Å². The molecule has 0 saturated carbocycles. The summed E-state index contributed by atoms with van der Waals surface area (Å²) in [4.78, 5) is 0. The molecule has 1 unspecified atom stereocenters. The molecule has 0 saturated heterocycles. The summed E-state index contributed by atoms with van der Waals surface area (Å²) in [6, 6.07) is 9.85. The highest BCUT2D eigenvalue weighted by atomic mass is 16.3. The Morgan fingerprint density at radius 1 is 1.44 bits per heavy atom. The summed E-state index contributed by atoms with van der Waals surface area (Å²) < 4.78 is 2.07. The smallest absolute Gasteiger partial charge is 0.0998 e. The molecular formula is C13H14N2O. The van der Waals surface area contributed by atoms with Crippen LogP contribution >= 0.6 is 0 Å². The summed E-state index contributed by atoms with van der Waals surface area (Å²) in [5, 5.41) is 19.2. The molecule has 2 aromatic rings. The van der Waals surface area contributed by atoms with Crippen molar-refractivity contribution in [1.82, 2.24) is 4.57 Å². The van der Waals surface area contributed by atoms with Gasteiger partial charge in [0.05, 0.1) is 17.7 Å². The van der Waals surface area contributed by atoms with E-state index in [4.69, 9.17) is 5.26 Å². The highest BCUT2D eigenvalue weighted by molar-refractivity contribution is 5.85. The van der Waals surface area contributed by atoms with Gasteiger partial charge in [0.15, 0.2) is 0 Å². The van der Waals surface area contributed by atoms with Crippen molar-refractivity contribution in [3.8, 4) is 6.07 Å². The average Bonchev–Trinajstić information content (AvgIpc) is 2.69. The van der Waals surface area contributed by atoms with Crippen molar-refractivity contribution in [3.63, 3.8) is 0 Å². The molecule has 0 aliphatic heterocycles. The minimum atomic E-state index is -0.295. The topological polar surface area (TPSA) is 49.0 Å². The van der Waals surface area contributed by atoms with E-state index in [-0.39, 0.29) is 6.10 Å². The molecule has 0 aliphatic rings. The van der Waals surface area contributed by atoms with E-state index in [1.54, 1.807) is 6.92 Å². The Morgan fingerprint density at radius 2 is 2.25 bits per heavy atom. The molecule has 1 aromatic heterocycles. The van der Waals surface area contributed by atoms with Crippen LogP contribution in [0.3, 0.4) is 0 Å². The Kier molecular flexibility index (Phi) is 2.93. The molecule has 0 aliphatic carbocycles. The number of aryl methyl sites for hydroxylation is 1. The number of aliphatic hydroxyl groups is 1. The van der Waals surface area contributed by atoms with Crippen LogP contribution in [0.15, 0.2) is 30.5 Å². The SMILES string of the molecule is CC(O)CCn1ccc2c(C#N)cccc21. The maximum Gasteiger partial charge on any atom is 0.0998 e. The fourth-order valence-electron chi connectivity index (χ4n) is 1.84. The van der Waals surface area contributed by atoms with Gasteiger partial charge < -0.3 is 9.67 Å². The number of nitrogens with zero attached hydrogens (tertiary/aromatic N) is 2. The molecule has 3 heteroatoms. The van der Waals surface area contributed by atoms with Crippen molar-refractivity contribution in [3.05, 3.63) is 36.0 Å². The average molecular weight is 214 g/mol. The van der Waals surface area contributed by atoms with Crippen LogP contribution in [0.25, 0.3) is 10.9 Å². The molecule has 1 N–H and O–H groups in total. The van der Waals surface area contributed by atoms with Gasteiger partial charge in [-0.2, -0.15) is 5.26 Å². The summed E-state index contributed by atoms with van der Waals surface area (Å²) in [5.41, 5.74) is 1.76. The lowest BCUT2D eigenvalue weighted by molar-refractivity contribution is 0.178. The molecule has 0 amide bonds.